The van der Waals surface area contributed by atoms with Gasteiger partial charge < -0.3 is 15.0 Å². The largest absolute Gasteiger partial charge is 0.493 e. The van der Waals surface area contributed by atoms with Gasteiger partial charge in [-0.3, -0.25) is 9.89 Å². The molecule has 2 aliphatic rings. The van der Waals surface area contributed by atoms with Gasteiger partial charge in [0.1, 0.15) is 5.75 Å². The van der Waals surface area contributed by atoms with Crippen LogP contribution in [0.4, 0.5) is 0 Å². The van der Waals surface area contributed by atoms with Crippen molar-refractivity contribution in [1.29, 1.82) is 0 Å². The fourth-order valence-electron chi connectivity index (χ4n) is 3.76. The quantitative estimate of drug-likeness (QED) is 0.249. The molecule has 1 unspecified atom stereocenters. The number of hydrogen-bond acceptors (Lipinski definition) is 3. The molecular formula is C23H37IN4O. The second kappa shape index (κ2) is 12.4. The maximum atomic E-state index is 5.76. The van der Waals surface area contributed by atoms with E-state index in [1.807, 2.05) is 0 Å². The molecule has 1 N–H and O–H groups in total. The van der Waals surface area contributed by atoms with Gasteiger partial charge in [0.2, 0.25) is 0 Å². The second-order valence-corrected chi connectivity index (χ2v) is 8.15. The minimum Gasteiger partial charge on any atom is -0.493 e. The Labute approximate surface area is 193 Å². The summed E-state index contributed by atoms with van der Waals surface area (Å²) in [5.74, 6) is 2.56. The van der Waals surface area contributed by atoms with Gasteiger partial charge in [-0.2, -0.15) is 0 Å². The highest BCUT2D eigenvalue weighted by Crippen LogP contribution is 2.18. The maximum Gasteiger partial charge on any atom is 0.193 e. The highest BCUT2D eigenvalue weighted by molar-refractivity contribution is 14.0. The standard InChI is InChI=1S/C23H36N4O.HI/c1-4-24-23(27-16-12-21(17-27)26-14-5-6-15-26)25-13-11-20-7-9-22(10-8-20)28-18-19(2)3;/h5-10,19,21H,4,11-18H2,1-3H3,(H,24,25);1H. The Balaban J connectivity index is 0.00000300. The number of guanidine groups is 1. The molecule has 0 saturated carbocycles. The zero-order valence-electron chi connectivity index (χ0n) is 18.1. The summed E-state index contributed by atoms with van der Waals surface area (Å²) in [7, 11) is 0. The number of hydrogen-bond donors (Lipinski definition) is 1. The van der Waals surface area contributed by atoms with Crippen LogP contribution in [0.3, 0.4) is 0 Å². The van der Waals surface area contributed by atoms with E-state index in [0.29, 0.717) is 12.0 Å². The van der Waals surface area contributed by atoms with Crippen molar-refractivity contribution in [3.8, 4) is 5.75 Å². The van der Waals surface area contributed by atoms with E-state index in [0.717, 1.165) is 64.0 Å². The van der Waals surface area contributed by atoms with Crippen LogP contribution in [0.15, 0.2) is 41.4 Å². The van der Waals surface area contributed by atoms with Crippen LogP contribution in [0.1, 0.15) is 32.8 Å². The molecule has 1 fully saturated rings. The van der Waals surface area contributed by atoms with E-state index >= 15 is 0 Å². The van der Waals surface area contributed by atoms with Gasteiger partial charge in [0.15, 0.2) is 5.96 Å². The number of rotatable bonds is 8. The molecule has 1 aromatic rings. The summed E-state index contributed by atoms with van der Waals surface area (Å²) in [5.41, 5.74) is 1.30. The first-order valence-electron chi connectivity index (χ1n) is 10.8. The van der Waals surface area contributed by atoms with Crippen molar-refractivity contribution >= 4 is 29.9 Å². The molecule has 0 radical (unpaired) electrons. The van der Waals surface area contributed by atoms with Crippen molar-refractivity contribution in [2.24, 2.45) is 10.9 Å². The Morgan fingerprint density at radius 3 is 2.59 bits per heavy atom. The molecule has 1 aromatic carbocycles. The van der Waals surface area contributed by atoms with Crippen LogP contribution < -0.4 is 10.1 Å². The third-order valence-corrected chi connectivity index (χ3v) is 5.33. The molecule has 2 aliphatic heterocycles. The number of halogens is 1. The monoisotopic (exact) mass is 512 g/mol. The predicted octanol–water partition coefficient (Wildman–Crippen LogP) is 3.79. The van der Waals surface area contributed by atoms with E-state index in [2.05, 4.69) is 72.3 Å². The van der Waals surface area contributed by atoms with Gasteiger partial charge in [-0.1, -0.05) is 38.1 Å². The molecule has 5 nitrogen and oxygen atoms in total. The topological polar surface area (TPSA) is 40.1 Å². The lowest BCUT2D eigenvalue weighted by molar-refractivity contribution is 0.259. The molecular weight excluding hydrogens is 475 g/mol. The van der Waals surface area contributed by atoms with Gasteiger partial charge in [-0.05, 0) is 43.4 Å². The number of nitrogens with one attached hydrogen (secondary N) is 1. The highest BCUT2D eigenvalue weighted by Gasteiger charge is 2.29. The fourth-order valence-corrected chi connectivity index (χ4v) is 3.76. The average molecular weight is 512 g/mol. The Morgan fingerprint density at radius 1 is 1.21 bits per heavy atom. The molecule has 0 aliphatic carbocycles. The molecule has 6 heteroatoms. The molecule has 1 atom stereocenters. The van der Waals surface area contributed by atoms with Crippen LogP contribution in [0.25, 0.3) is 0 Å². The predicted molar refractivity (Wildman–Crippen MR) is 133 cm³/mol. The molecule has 0 spiro atoms. The van der Waals surface area contributed by atoms with Crippen molar-refractivity contribution < 1.29 is 4.74 Å². The summed E-state index contributed by atoms with van der Waals surface area (Å²) in [6, 6.07) is 9.11. The van der Waals surface area contributed by atoms with E-state index < -0.39 is 0 Å². The van der Waals surface area contributed by atoms with Crippen molar-refractivity contribution in [2.45, 2.75) is 39.7 Å². The van der Waals surface area contributed by atoms with Gasteiger partial charge in [-0.15, -0.1) is 24.0 Å². The first-order chi connectivity index (χ1) is 13.7. The van der Waals surface area contributed by atoms with Crippen LogP contribution in [0.2, 0.25) is 0 Å². The Kier molecular flexibility index (Phi) is 10.3. The van der Waals surface area contributed by atoms with Crippen molar-refractivity contribution in [2.75, 3.05) is 45.9 Å². The molecule has 0 amide bonds. The van der Waals surface area contributed by atoms with E-state index in [1.165, 1.54) is 12.0 Å². The Morgan fingerprint density at radius 2 is 1.93 bits per heavy atom. The first-order valence-corrected chi connectivity index (χ1v) is 10.8. The smallest absolute Gasteiger partial charge is 0.193 e. The van der Waals surface area contributed by atoms with Crippen molar-refractivity contribution in [1.82, 2.24) is 15.1 Å². The van der Waals surface area contributed by atoms with Gasteiger partial charge in [0.25, 0.3) is 0 Å². The van der Waals surface area contributed by atoms with Crippen LogP contribution in [0.5, 0.6) is 5.75 Å². The summed E-state index contributed by atoms with van der Waals surface area (Å²) in [5, 5.41) is 3.48. The minimum absolute atomic E-state index is 0. The van der Waals surface area contributed by atoms with Gasteiger partial charge in [-0.25, -0.2) is 0 Å². The van der Waals surface area contributed by atoms with E-state index in [4.69, 9.17) is 9.73 Å². The van der Waals surface area contributed by atoms with E-state index in [9.17, 15) is 0 Å². The number of aliphatic imine (C=N–C) groups is 1. The summed E-state index contributed by atoms with van der Waals surface area (Å²) >= 11 is 0. The highest BCUT2D eigenvalue weighted by atomic mass is 127. The van der Waals surface area contributed by atoms with Crippen molar-refractivity contribution in [3.63, 3.8) is 0 Å². The molecule has 3 rings (SSSR count). The number of ether oxygens (including phenoxy) is 1. The number of nitrogens with zero attached hydrogens (tertiary/aromatic N) is 3. The van der Waals surface area contributed by atoms with Crippen LogP contribution >= 0.6 is 24.0 Å². The van der Waals surface area contributed by atoms with E-state index in [1.54, 1.807) is 0 Å². The summed E-state index contributed by atoms with van der Waals surface area (Å²) < 4.78 is 5.76. The molecule has 29 heavy (non-hydrogen) atoms. The third-order valence-electron chi connectivity index (χ3n) is 5.33. The molecule has 0 bridgehead atoms. The summed E-state index contributed by atoms with van der Waals surface area (Å²) in [6.45, 7) is 13.3. The van der Waals surface area contributed by atoms with Crippen LogP contribution in [-0.4, -0.2) is 67.7 Å². The Hall–Kier alpha value is -1.28. The molecule has 0 aromatic heterocycles. The van der Waals surface area contributed by atoms with Gasteiger partial charge in [0, 0.05) is 45.3 Å². The first kappa shape index (κ1) is 24.0. The third kappa shape index (κ3) is 7.48. The lowest BCUT2D eigenvalue weighted by Crippen LogP contribution is -2.43. The average Bonchev–Trinajstić information content (AvgIpc) is 3.38. The lowest BCUT2D eigenvalue weighted by atomic mass is 10.1. The minimum atomic E-state index is 0. The molecule has 1 saturated heterocycles. The SMILES string of the molecule is CCNC(=NCCc1ccc(OCC(C)C)cc1)N1CCC(N2CC=CC2)C1.I. The van der Waals surface area contributed by atoms with Crippen LogP contribution in [0, 0.1) is 5.92 Å². The Bertz CT molecular complexity index is 651. The molecule has 162 valence electrons. The normalized spacial score (nSPS) is 19.7. The summed E-state index contributed by atoms with van der Waals surface area (Å²) in [4.78, 5) is 9.89. The summed E-state index contributed by atoms with van der Waals surface area (Å²) in [6.07, 6.45) is 6.73. The van der Waals surface area contributed by atoms with Crippen molar-refractivity contribution in [3.05, 3.63) is 42.0 Å². The second-order valence-electron chi connectivity index (χ2n) is 8.15. The van der Waals surface area contributed by atoms with Gasteiger partial charge >= 0.3 is 0 Å². The zero-order chi connectivity index (χ0) is 19.8. The zero-order valence-corrected chi connectivity index (χ0v) is 20.5. The number of likely N-dealkylation sites (tertiary alicyclic amines) is 1. The van der Waals surface area contributed by atoms with E-state index in [-0.39, 0.29) is 24.0 Å². The van der Waals surface area contributed by atoms with Crippen LogP contribution in [-0.2, 0) is 6.42 Å². The fraction of sp³-hybridized carbons (Fsp3) is 0.609. The van der Waals surface area contributed by atoms with Gasteiger partial charge in [0.05, 0.1) is 6.61 Å². The molecule has 2 heterocycles. The number of benzene rings is 1. The lowest BCUT2D eigenvalue weighted by Gasteiger charge is -2.25. The maximum absolute atomic E-state index is 5.76.